The van der Waals surface area contributed by atoms with Crippen molar-refractivity contribution in [1.82, 2.24) is 0 Å². The Morgan fingerprint density at radius 3 is 2.15 bits per heavy atom. The van der Waals surface area contributed by atoms with E-state index in [0.29, 0.717) is 10.7 Å². The lowest BCUT2D eigenvalue weighted by Gasteiger charge is -2.12. The first-order chi connectivity index (χ1) is 9.29. The van der Waals surface area contributed by atoms with Crippen molar-refractivity contribution in [1.29, 1.82) is 0 Å². The predicted molar refractivity (Wildman–Crippen MR) is 83.1 cm³/mol. The monoisotopic (exact) mass is 350 g/mol. The van der Waals surface area contributed by atoms with Crippen molar-refractivity contribution in [3.05, 3.63) is 51.5 Å². The minimum atomic E-state index is -3.84. The molecule has 0 aliphatic carbocycles. The Bertz CT molecular complexity index is 740. The molecule has 3 N–H and O–H groups in total. The van der Waals surface area contributed by atoms with E-state index in [2.05, 4.69) is 4.72 Å². The predicted octanol–water partition coefficient (Wildman–Crippen LogP) is 4.03. The molecule has 2 aromatic carbocycles. The van der Waals surface area contributed by atoms with Crippen molar-refractivity contribution in [2.45, 2.75) is 4.90 Å². The molecular weight excluding hydrogens is 343 g/mol. The molecule has 20 heavy (non-hydrogen) atoms. The van der Waals surface area contributed by atoms with Gasteiger partial charge in [-0.1, -0.05) is 40.9 Å². The second kappa shape index (κ2) is 5.69. The van der Waals surface area contributed by atoms with Gasteiger partial charge in [-0.25, -0.2) is 8.42 Å². The van der Waals surface area contributed by atoms with E-state index in [1.807, 2.05) is 0 Å². The SMILES string of the molecule is Nc1cccc(S(=O)(=O)Nc2c(Cl)cc(Cl)cc2Cl)c1. The number of hydrogen-bond donors (Lipinski definition) is 2. The summed E-state index contributed by atoms with van der Waals surface area (Å²) < 4.78 is 26.8. The number of sulfonamides is 1. The van der Waals surface area contributed by atoms with Gasteiger partial charge in [0.2, 0.25) is 0 Å². The van der Waals surface area contributed by atoms with Crippen molar-refractivity contribution >= 4 is 56.2 Å². The number of nitrogens with two attached hydrogens (primary N) is 1. The fraction of sp³-hybridized carbons (Fsp3) is 0. The van der Waals surface area contributed by atoms with Crippen molar-refractivity contribution in [3.8, 4) is 0 Å². The summed E-state index contributed by atoms with van der Waals surface area (Å²) in [7, 11) is -3.84. The highest BCUT2D eigenvalue weighted by Crippen LogP contribution is 2.35. The van der Waals surface area contributed by atoms with Crippen molar-refractivity contribution in [2.75, 3.05) is 10.5 Å². The Labute approximate surface area is 131 Å². The number of hydrogen-bond acceptors (Lipinski definition) is 3. The Balaban J connectivity index is 2.44. The lowest BCUT2D eigenvalue weighted by molar-refractivity contribution is 0.601. The Hall–Kier alpha value is -1.14. The van der Waals surface area contributed by atoms with Gasteiger partial charge >= 0.3 is 0 Å². The van der Waals surface area contributed by atoms with Gasteiger partial charge in [0.25, 0.3) is 10.0 Å². The Morgan fingerprint density at radius 1 is 1.00 bits per heavy atom. The molecule has 0 aromatic heterocycles. The quantitative estimate of drug-likeness (QED) is 0.820. The van der Waals surface area contributed by atoms with Crippen molar-refractivity contribution in [3.63, 3.8) is 0 Å². The highest BCUT2D eigenvalue weighted by atomic mass is 35.5. The van der Waals surface area contributed by atoms with Crippen LogP contribution < -0.4 is 10.5 Å². The summed E-state index contributed by atoms with van der Waals surface area (Å²) in [6.45, 7) is 0. The maximum Gasteiger partial charge on any atom is 0.262 e. The Kier molecular flexibility index (Phi) is 4.34. The van der Waals surface area contributed by atoms with Crippen LogP contribution >= 0.6 is 34.8 Å². The molecule has 0 aliphatic rings. The second-order valence-corrected chi connectivity index (χ2v) is 6.86. The van der Waals surface area contributed by atoms with Gasteiger partial charge in [0.1, 0.15) is 0 Å². The number of halogens is 3. The minimum Gasteiger partial charge on any atom is -0.399 e. The molecule has 0 fully saturated rings. The van der Waals surface area contributed by atoms with Crippen LogP contribution in [0.4, 0.5) is 11.4 Å². The van der Waals surface area contributed by atoms with Crippen LogP contribution in [0.1, 0.15) is 0 Å². The molecule has 0 radical (unpaired) electrons. The van der Waals surface area contributed by atoms with Gasteiger partial charge < -0.3 is 5.73 Å². The molecular formula is C12H9Cl3N2O2S. The fourth-order valence-corrected chi connectivity index (χ4v) is 3.69. The summed E-state index contributed by atoms with van der Waals surface area (Å²) in [6.07, 6.45) is 0. The summed E-state index contributed by atoms with van der Waals surface area (Å²) in [4.78, 5) is 0.0135. The molecule has 0 amide bonds. The van der Waals surface area contributed by atoms with Crippen LogP contribution in [0.5, 0.6) is 0 Å². The van der Waals surface area contributed by atoms with Crippen molar-refractivity contribution < 1.29 is 8.42 Å². The van der Waals surface area contributed by atoms with E-state index < -0.39 is 10.0 Å². The van der Waals surface area contributed by atoms with E-state index in [1.165, 1.54) is 30.3 Å². The van der Waals surface area contributed by atoms with Crippen LogP contribution in [0.2, 0.25) is 15.1 Å². The summed E-state index contributed by atoms with van der Waals surface area (Å²) in [5.41, 5.74) is 5.97. The van der Waals surface area contributed by atoms with Crippen LogP contribution in [-0.4, -0.2) is 8.42 Å². The zero-order chi connectivity index (χ0) is 14.9. The first-order valence-corrected chi connectivity index (χ1v) is 7.94. The van der Waals surface area contributed by atoms with Gasteiger partial charge in [-0.05, 0) is 30.3 Å². The molecule has 0 heterocycles. The molecule has 0 atom stereocenters. The summed E-state index contributed by atoms with van der Waals surface area (Å²) in [5.74, 6) is 0. The number of nitrogens with one attached hydrogen (secondary N) is 1. The van der Waals surface area contributed by atoms with Crippen LogP contribution in [0.15, 0.2) is 41.3 Å². The van der Waals surface area contributed by atoms with Gasteiger partial charge in [0.15, 0.2) is 0 Å². The summed E-state index contributed by atoms with van der Waals surface area (Å²) >= 11 is 17.6. The topological polar surface area (TPSA) is 72.2 Å². The van der Waals surface area contributed by atoms with Crippen LogP contribution in [0, 0.1) is 0 Å². The van der Waals surface area contributed by atoms with Crippen LogP contribution in [-0.2, 0) is 10.0 Å². The molecule has 0 aliphatic heterocycles. The molecule has 4 nitrogen and oxygen atoms in total. The third-order valence-electron chi connectivity index (χ3n) is 2.41. The lowest BCUT2D eigenvalue weighted by atomic mass is 10.3. The van der Waals surface area contributed by atoms with Crippen LogP contribution in [0.3, 0.4) is 0 Å². The van der Waals surface area contributed by atoms with Gasteiger partial charge in [-0.2, -0.15) is 0 Å². The molecule has 0 bridgehead atoms. The molecule has 2 aromatic rings. The van der Waals surface area contributed by atoms with Crippen molar-refractivity contribution in [2.24, 2.45) is 0 Å². The molecule has 0 unspecified atom stereocenters. The average molecular weight is 352 g/mol. The minimum absolute atomic E-state index is 0.0135. The molecule has 106 valence electrons. The third kappa shape index (κ3) is 3.30. The van der Waals surface area contributed by atoms with E-state index in [4.69, 9.17) is 40.5 Å². The van der Waals surface area contributed by atoms with Gasteiger partial charge in [0, 0.05) is 10.7 Å². The zero-order valence-electron chi connectivity index (χ0n) is 9.90. The van der Waals surface area contributed by atoms with E-state index in [0.717, 1.165) is 0 Å². The molecule has 8 heteroatoms. The maximum atomic E-state index is 12.2. The first-order valence-electron chi connectivity index (χ1n) is 5.32. The van der Waals surface area contributed by atoms with Gasteiger partial charge in [0.05, 0.1) is 20.6 Å². The number of anilines is 2. The average Bonchev–Trinajstić information content (AvgIpc) is 2.34. The van der Waals surface area contributed by atoms with E-state index in [1.54, 1.807) is 6.07 Å². The smallest absolute Gasteiger partial charge is 0.262 e. The lowest BCUT2D eigenvalue weighted by Crippen LogP contribution is -2.13. The molecule has 2 rings (SSSR count). The fourth-order valence-electron chi connectivity index (χ4n) is 1.51. The van der Waals surface area contributed by atoms with Gasteiger partial charge in [-0.15, -0.1) is 0 Å². The highest BCUT2D eigenvalue weighted by Gasteiger charge is 2.18. The highest BCUT2D eigenvalue weighted by molar-refractivity contribution is 7.92. The maximum absolute atomic E-state index is 12.2. The normalized spacial score (nSPS) is 11.3. The number of rotatable bonds is 3. The second-order valence-electron chi connectivity index (χ2n) is 3.92. The molecule has 0 saturated carbocycles. The molecule has 0 saturated heterocycles. The number of benzene rings is 2. The van der Waals surface area contributed by atoms with E-state index in [-0.39, 0.29) is 20.6 Å². The van der Waals surface area contributed by atoms with E-state index in [9.17, 15) is 8.42 Å². The summed E-state index contributed by atoms with van der Waals surface area (Å²) in [5, 5.41) is 0.525. The molecule has 0 spiro atoms. The summed E-state index contributed by atoms with van der Waals surface area (Å²) in [6, 6.07) is 8.66. The largest absolute Gasteiger partial charge is 0.399 e. The van der Waals surface area contributed by atoms with Crippen LogP contribution in [0.25, 0.3) is 0 Å². The van der Waals surface area contributed by atoms with E-state index >= 15 is 0 Å². The Morgan fingerprint density at radius 2 is 1.60 bits per heavy atom. The number of nitrogen functional groups attached to an aromatic ring is 1. The first kappa shape index (κ1) is 15.3. The standard InChI is InChI=1S/C12H9Cl3N2O2S/c13-7-4-10(14)12(11(15)5-7)17-20(18,19)9-3-1-2-8(16)6-9/h1-6,17H,16H2. The zero-order valence-corrected chi connectivity index (χ0v) is 13.0. The third-order valence-corrected chi connectivity index (χ3v) is 4.57. The van der Waals surface area contributed by atoms with Gasteiger partial charge in [-0.3, -0.25) is 4.72 Å².